The van der Waals surface area contributed by atoms with Crippen molar-refractivity contribution in [1.82, 2.24) is 10.2 Å². The van der Waals surface area contributed by atoms with E-state index in [1.54, 1.807) is 13.8 Å². The highest BCUT2D eigenvalue weighted by atomic mass is 16.5. The predicted molar refractivity (Wildman–Crippen MR) is 108 cm³/mol. The fourth-order valence-corrected chi connectivity index (χ4v) is 3.49. The number of carbonyl (C=O) groups is 3. The molecule has 1 heterocycles. The molecule has 1 saturated heterocycles. The van der Waals surface area contributed by atoms with Crippen LogP contribution in [0.4, 0.5) is 5.69 Å². The molecule has 0 radical (unpaired) electrons. The van der Waals surface area contributed by atoms with E-state index in [1.807, 2.05) is 36.9 Å². The van der Waals surface area contributed by atoms with Crippen LogP contribution in [-0.4, -0.2) is 55.0 Å². The van der Waals surface area contributed by atoms with Crippen LogP contribution in [0.2, 0.25) is 0 Å². The summed E-state index contributed by atoms with van der Waals surface area (Å²) >= 11 is 0. The summed E-state index contributed by atoms with van der Waals surface area (Å²) < 4.78 is 5.11. The molecule has 2 rings (SSSR count). The van der Waals surface area contributed by atoms with Crippen molar-refractivity contribution in [2.75, 3.05) is 31.6 Å². The normalized spacial score (nSPS) is 18.2. The molecule has 0 bridgehead atoms. The Bertz CT molecular complexity index is 699. The third-order valence-corrected chi connectivity index (χ3v) is 5.17. The van der Waals surface area contributed by atoms with Crippen LogP contribution >= 0.6 is 0 Å². The molecule has 7 nitrogen and oxygen atoms in total. The van der Waals surface area contributed by atoms with Gasteiger partial charge in [0, 0.05) is 12.2 Å². The number of piperidine rings is 1. The molecule has 1 aliphatic heterocycles. The topological polar surface area (TPSA) is 87.7 Å². The monoisotopic (exact) mass is 389 g/mol. The van der Waals surface area contributed by atoms with E-state index in [9.17, 15) is 14.4 Å². The summed E-state index contributed by atoms with van der Waals surface area (Å²) in [6.07, 6.45) is 1.62. The standard InChI is InChI=1S/C21H31N3O4/c1-5-28-21(27)17-10-7-11-24(13-17)16(4)20(26)22-12-18(25)23-19-14(2)8-6-9-15(19)3/h6,8-9,16-17H,5,7,10-13H2,1-4H3,(H,22,26)(H,23,25)/t16-,17+/m0/s1. The fraction of sp³-hybridized carbons (Fsp3) is 0.571. The van der Waals surface area contributed by atoms with Gasteiger partial charge in [-0.1, -0.05) is 18.2 Å². The van der Waals surface area contributed by atoms with Gasteiger partial charge in [-0.25, -0.2) is 0 Å². The summed E-state index contributed by atoms with van der Waals surface area (Å²) in [5, 5.41) is 5.56. The van der Waals surface area contributed by atoms with Crippen LogP contribution in [0.25, 0.3) is 0 Å². The zero-order valence-electron chi connectivity index (χ0n) is 17.2. The summed E-state index contributed by atoms with van der Waals surface area (Å²) in [7, 11) is 0. The van der Waals surface area contributed by atoms with Gasteiger partial charge >= 0.3 is 5.97 Å². The molecule has 1 fully saturated rings. The van der Waals surface area contributed by atoms with Gasteiger partial charge in [0.1, 0.15) is 0 Å². The SMILES string of the molecule is CCOC(=O)[C@@H]1CCCN([C@@H](C)C(=O)NCC(=O)Nc2c(C)cccc2C)C1. The van der Waals surface area contributed by atoms with Gasteiger partial charge < -0.3 is 15.4 Å². The molecule has 0 aliphatic carbocycles. The smallest absolute Gasteiger partial charge is 0.310 e. The van der Waals surface area contributed by atoms with Crippen molar-refractivity contribution < 1.29 is 19.1 Å². The van der Waals surface area contributed by atoms with E-state index >= 15 is 0 Å². The summed E-state index contributed by atoms with van der Waals surface area (Å²) in [5.41, 5.74) is 2.74. The number of aryl methyl sites for hydroxylation is 2. The molecule has 1 aromatic rings. The van der Waals surface area contributed by atoms with Crippen molar-refractivity contribution >= 4 is 23.5 Å². The first-order chi connectivity index (χ1) is 13.3. The largest absolute Gasteiger partial charge is 0.466 e. The Balaban J connectivity index is 1.85. The molecule has 154 valence electrons. The lowest BCUT2D eigenvalue weighted by molar-refractivity contribution is -0.151. The van der Waals surface area contributed by atoms with Gasteiger partial charge in [0.05, 0.1) is 25.1 Å². The first-order valence-corrected chi connectivity index (χ1v) is 9.88. The van der Waals surface area contributed by atoms with Gasteiger partial charge in [0.2, 0.25) is 11.8 Å². The average Bonchev–Trinajstić information content (AvgIpc) is 2.68. The van der Waals surface area contributed by atoms with Gasteiger partial charge in [-0.3, -0.25) is 19.3 Å². The Morgan fingerprint density at radius 2 is 1.93 bits per heavy atom. The van der Waals surface area contributed by atoms with Gasteiger partial charge in [-0.05, 0) is 58.2 Å². The van der Waals surface area contributed by atoms with Crippen molar-refractivity contribution in [3.8, 4) is 0 Å². The zero-order chi connectivity index (χ0) is 20.7. The third kappa shape index (κ3) is 5.79. The first-order valence-electron chi connectivity index (χ1n) is 9.88. The minimum Gasteiger partial charge on any atom is -0.466 e. The number of nitrogens with zero attached hydrogens (tertiary/aromatic N) is 1. The summed E-state index contributed by atoms with van der Waals surface area (Å²) in [6, 6.07) is 5.38. The van der Waals surface area contributed by atoms with Crippen molar-refractivity contribution in [3.63, 3.8) is 0 Å². The molecular weight excluding hydrogens is 358 g/mol. The van der Waals surface area contributed by atoms with Gasteiger partial charge in [-0.2, -0.15) is 0 Å². The molecule has 1 aliphatic rings. The fourth-order valence-electron chi connectivity index (χ4n) is 3.49. The summed E-state index contributed by atoms with van der Waals surface area (Å²) in [4.78, 5) is 38.7. The number of anilines is 1. The second kappa shape index (κ2) is 10.2. The number of hydrogen-bond donors (Lipinski definition) is 2. The minimum atomic E-state index is -0.412. The molecule has 0 saturated carbocycles. The molecular formula is C21H31N3O4. The van der Waals surface area contributed by atoms with Crippen LogP contribution < -0.4 is 10.6 Å². The molecule has 2 N–H and O–H groups in total. The van der Waals surface area contributed by atoms with Crippen LogP contribution in [0.15, 0.2) is 18.2 Å². The number of carbonyl (C=O) groups excluding carboxylic acids is 3. The zero-order valence-corrected chi connectivity index (χ0v) is 17.2. The highest BCUT2D eigenvalue weighted by molar-refractivity contribution is 5.96. The second-order valence-electron chi connectivity index (χ2n) is 7.29. The molecule has 1 aromatic carbocycles. The maximum atomic E-state index is 12.5. The maximum Gasteiger partial charge on any atom is 0.310 e. The van der Waals surface area contributed by atoms with Crippen LogP contribution in [-0.2, 0) is 19.1 Å². The van der Waals surface area contributed by atoms with Crippen molar-refractivity contribution in [3.05, 3.63) is 29.3 Å². The number of para-hydroxylation sites is 1. The number of nitrogens with one attached hydrogen (secondary N) is 2. The van der Waals surface area contributed by atoms with E-state index in [-0.39, 0.29) is 30.2 Å². The van der Waals surface area contributed by atoms with E-state index in [0.717, 1.165) is 36.2 Å². The van der Waals surface area contributed by atoms with E-state index in [4.69, 9.17) is 4.74 Å². The second-order valence-corrected chi connectivity index (χ2v) is 7.29. The average molecular weight is 389 g/mol. The van der Waals surface area contributed by atoms with E-state index < -0.39 is 6.04 Å². The highest BCUT2D eigenvalue weighted by Gasteiger charge is 2.31. The van der Waals surface area contributed by atoms with Gasteiger partial charge in [0.25, 0.3) is 0 Å². The van der Waals surface area contributed by atoms with E-state index in [0.29, 0.717) is 13.2 Å². The van der Waals surface area contributed by atoms with Crippen molar-refractivity contribution in [2.24, 2.45) is 5.92 Å². The van der Waals surface area contributed by atoms with Gasteiger partial charge in [-0.15, -0.1) is 0 Å². The quantitative estimate of drug-likeness (QED) is 0.697. The molecule has 0 unspecified atom stereocenters. The molecule has 2 amide bonds. The Hall–Kier alpha value is -2.41. The minimum absolute atomic E-state index is 0.0912. The van der Waals surface area contributed by atoms with E-state index in [2.05, 4.69) is 10.6 Å². The summed E-state index contributed by atoms with van der Waals surface area (Å²) in [5.74, 6) is -0.883. The Labute approximate surface area is 166 Å². The summed E-state index contributed by atoms with van der Waals surface area (Å²) in [6.45, 7) is 8.97. The number of rotatable bonds is 7. The van der Waals surface area contributed by atoms with Crippen LogP contribution in [0.3, 0.4) is 0 Å². The first kappa shape index (κ1) is 21.9. The Morgan fingerprint density at radius 3 is 2.57 bits per heavy atom. The van der Waals surface area contributed by atoms with Gasteiger partial charge in [0.15, 0.2) is 0 Å². The predicted octanol–water partition coefficient (Wildman–Crippen LogP) is 2.02. The lowest BCUT2D eigenvalue weighted by atomic mass is 9.97. The number of ether oxygens (including phenoxy) is 1. The number of esters is 1. The highest BCUT2D eigenvalue weighted by Crippen LogP contribution is 2.20. The molecule has 0 aromatic heterocycles. The van der Waals surface area contributed by atoms with Crippen molar-refractivity contribution in [1.29, 1.82) is 0 Å². The maximum absolute atomic E-state index is 12.5. The number of amides is 2. The van der Waals surface area contributed by atoms with Crippen molar-refractivity contribution in [2.45, 2.75) is 46.6 Å². The molecule has 0 spiro atoms. The van der Waals surface area contributed by atoms with Crippen LogP contribution in [0.1, 0.15) is 37.8 Å². The van der Waals surface area contributed by atoms with Crippen LogP contribution in [0, 0.1) is 19.8 Å². The lowest BCUT2D eigenvalue weighted by Gasteiger charge is -2.35. The molecule has 28 heavy (non-hydrogen) atoms. The van der Waals surface area contributed by atoms with E-state index in [1.165, 1.54) is 0 Å². The number of hydrogen-bond acceptors (Lipinski definition) is 5. The molecule has 2 atom stereocenters. The molecule has 7 heteroatoms. The number of benzene rings is 1. The number of likely N-dealkylation sites (tertiary alicyclic amines) is 1. The Morgan fingerprint density at radius 1 is 1.25 bits per heavy atom. The Kier molecular flexibility index (Phi) is 7.99. The lowest BCUT2D eigenvalue weighted by Crippen LogP contribution is -2.51. The van der Waals surface area contributed by atoms with Crippen LogP contribution in [0.5, 0.6) is 0 Å². The third-order valence-electron chi connectivity index (χ3n) is 5.17.